The lowest BCUT2D eigenvalue weighted by Gasteiger charge is -2.30. The number of aromatic nitrogens is 1. The van der Waals surface area contributed by atoms with E-state index in [1.54, 1.807) is 0 Å². The summed E-state index contributed by atoms with van der Waals surface area (Å²) in [5.74, 6) is 0.323. The maximum Gasteiger partial charge on any atom is 0.0639 e. The van der Waals surface area contributed by atoms with Gasteiger partial charge in [0, 0.05) is 29.1 Å². The van der Waals surface area contributed by atoms with E-state index in [1.807, 2.05) is 14.0 Å². The number of nitrogens with one attached hydrogen (secondary N) is 2. The number of aromatic amines is 1. The SMILES string of the molecule is CN[C@@H]1Cc2c[nH]c3cccc(c23)[C@H]1/C=C(/C)CO. The average Bonchev–Trinajstić information content (AvgIpc) is 2.86. The highest BCUT2D eigenvalue weighted by Gasteiger charge is 2.28. The molecule has 2 atom stereocenters. The normalized spacial score (nSPS) is 23.0. The van der Waals surface area contributed by atoms with Gasteiger partial charge in [-0.1, -0.05) is 23.8 Å². The number of hydrogen-bond acceptors (Lipinski definition) is 2. The van der Waals surface area contributed by atoms with Gasteiger partial charge in [-0.15, -0.1) is 0 Å². The Balaban J connectivity index is 2.17. The molecule has 0 aliphatic heterocycles. The summed E-state index contributed by atoms with van der Waals surface area (Å²) in [4.78, 5) is 3.35. The summed E-state index contributed by atoms with van der Waals surface area (Å²) < 4.78 is 0. The zero-order valence-corrected chi connectivity index (χ0v) is 11.4. The molecule has 1 heterocycles. The highest BCUT2D eigenvalue weighted by Crippen LogP contribution is 2.37. The van der Waals surface area contributed by atoms with Crippen LogP contribution < -0.4 is 5.32 Å². The first-order chi connectivity index (χ1) is 9.24. The molecule has 1 aliphatic carbocycles. The Kier molecular flexibility index (Phi) is 3.17. The van der Waals surface area contributed by atoms with Gasteiger partial charge in [-0.25, -0.2) is 0 Å². The third kappa shape index (κ3) is 1.99. The van der Waals surface area contributed by atoms with Gasteiger partial charge >= 0.3 is 0 Å². The summed E-state index contributed by atoms with van der Waals surface area (Å²) in [6.45, 7) is 2.11. The molecule has 0 radical (unpaired) electrons. The van der Waals surface area contributed by atoms with Gasteiger partial charge < -0.3 is 15.4 Å². The first-order valence-electron chi connectivity index (χ1n) is 6.79. The number of aliphatic hydroxyl groups is 1. The molecule has 100 valence electrons. The van der Waals surface area contributed by atoms with Crippen LogP contribution in [0.15, 0.2) is 36.0 Å². The molecular weight excluding hydrogens is 236 g/mol. The number of aliphatic hydroxyl groups excluding tert-OH is 1. The summed E-state index contributed by atoms with van der Waals surface area (Å²) in [7, 11) is 2.01. The molecule has 1 aromatic carbocycles. The van der Waals surface area contributed by atoms with Crippen molar-refractivity contribution >= 4 is 10.9 Å². The highest BCUT2D eigenvalue weighted by atomic mass is 16.3. The van der Waals surface area contributed by atoms with Crippen LogP contribution in [-0.4, -0.2) is 29.8 Å². The number of benzene rings is 1. The Hall–Kier alpha value is -1.58. The van der Waals surface area contributed by atoms with Crippen molar-refractivity contribution in [2.75, 3.05) is 13.7 Å². The second-order valence-electron chi connectivity index (χ2n) is 5.38. The number of hydrogen-bond donors (Lipinski definition) is 3. The topological polar surface area (TPSA) is 48.0 Å². The van der Waals surface area contributed by atoms with Crippen LogP contribution in [0.5, 0.6) is 0 Å². The summed E-state index contributed by atoms with van der Waals surface area (Å²) in [5, 5.41) is 14.1. The van der Waals surface area contributed by atoms with Crippen LogP contribution in [0, 0.1) is 0 Å². The fourth-order valence-corrected chi connectivity index (χ4v) is 3.15. The van der Waals surface area contributed by atoms with E-state index in [1.165, 1.54) is 22.0 Å². The minimum atomic E-state index is 0.128. The second-order valence-corrected chi connectivity index (χ2v) is 5.38. The molecule has 19 heavy (non-hydrogen) atoms. The van der Waals surface area contributed by atoms with Gasteiger partial charge in [0.25, 0.3) is 0 Å². The Morgan fingerprint density at radius 2 is 2.37 bits per heavy atom. The van der Waals surface area contributed by atoms with E-state index >= 15 is 0 Å². The van der Waals surface area contributed by atoms with Crippen LogP contribution in [0.3, 0.4) is 0 Å². The number of rotatable bonds is 3. The van der Waals surface area contributed by atoms with Gasteiger partial charge in [-0.2, -0.15) is 0 Å². The van der Waals surface area contributed by atoms with E-state index in [9.17, 15) is 5.11 Å². The van der Waals surface area contributed by atoms with Gasteiger partial charge in [0.1, 0.15) is 0 Å². The lowest BCUT2D eigenvalue weighted by molar-refractivity contribution is 0.330. The third-order valence-corrected chi connectivity index (χ3v) is 4.14. The van der Waals surface area contributed by atoms with Crippen LogP contribution in [0.1, 0.15) is 24.0 Å². The van der Waals surface area contributed by atoms with E-state index < -0.39 is 0 Å². The molecule has 0 bridgehead atoms. The summed E-state index contributed by atoms with van der Waals surface area (Å²) in [5.41, 5.74) is 4.98. The quantitative estimate of drug-likeness (QED) is 0.738. The monoisotopic (exact) mass is 256 g/mol. The Labute approximate surface area is 113 Å². The second kappa shape index (κ2) is 4.83. The molecule has 3 N–H and O–H groups in total. The largest absolute Gasteiger partial charge is 0.392 e. The van der Waals surface area contributed by atoms with E-state index in [4.69, 9.17) is 0 Å². The summed E-state index contributed by atoms with van der Waals surface area (Å²) in [6.07, 6.45) is 5.34. The molecule has 0 fully saturated rings. The van der Waals surface area contributed by atoms with Crippen molar-refractivity contribution in [1.82, 2.24) is 10.3 Å². The molecule has 0 spiro atoms. The molecule has 1 aromatic heterocycles. The van der Waals surface area contributed by atoms with Gasteiger partial charge in [-0.05, 0) is 37.6 Å². The zero-order chi connectivity index (χ0) is 13.4. The first-order valence-corrected chi connectivity index (χ1v) is 6.79. The van der Waals surface area contributed by atoms with Crippen molar-refractivity contribution in [1.29, 1.82) is 0 Å². The summed E-state index contributed by atoms with van der Waals surface area (Å²) in [6, 6.07) is 6.82. The Bertz CT molecular complexity index is 627. The van der Waals surface area contributed by atoms with Gasteiger partial charge in [0.2, 0.25) is 0 Å². The molecule has 3 heteroatoms. The summed E-state index contributed by atoms with van der Waals surface area (Å²) >= 11 is 0. The maximum absolute atomic E-state index is 9.28. The standard InChI is InChI=1S/C16H20N2O/c1-10(9-19)6-13-12-4-3-5-14-16(12)11(8-18-14)7-15(13)17-2/h3-6,8,13,15,17-19H,7,9H2,1-2H3/b10-6-/t13-,15-/m1/s1. The molecule has 0 saturated heterocycles. The fraction of sp³-hybridized carbons (Fsp3) is 0.375. The van der Waals surface area contributed by atoms with Crippen LogP contribution in [0.25, 0.3) is 10.9 Å². The Morgan fingerprint density at radius 3 is 3.11 bits per heavy atom. The van der Waals surface area contributed by atoms with Crippen LogP contribution in [-0.2, 0) is 6.42 Å². The lowest BCUT2D eigenvalue weighted by atomic mass is 9.79. The molecule has 0 amide bonds. The smallest absolute Gasteiger partial charge is 0.0639 e. The van der Waals surface area contributed by atoms with Gasteiger partial charge in [0.15, 0.2) is 0 Å². The zero-order valence-electron chi connectivity index (χ0n) is 11.4. The molecule has 3 rings (SSSR count). The molecule has 2 aromatic rings. The van der Waals surface area contributed by atoms with E-state index in [2.05, 4.69) is 40.8 Å². The first kappa shape index (κ1) is 12.5. The van der Waals surface area contributed by atoms with Crippen LogP contribution in [0.2, 0.25) is 0 Å². The van der Waals surface area contributed by atoms with E-state index in [0.717, 1.165) is 12.0 Å². The molecule has 0 unspecified atom stereocenters. The van der Waals surface area contributed by atoms with Crippen molar-refractivity contribution in [3.05, 3.63) is 47.2 Å². The predicted octanol–water partition coefficient (Wildman–Crippen LogP) is 2.33. The minimum Gasteiger partial charge on any atom is -0.392 e. The maximum atomic E-state index is 9.28. The fourth-order valence-electron chi connectivity index (χ4n) is 3.15. The molecule has 3 nitrogen and oxygen atoms in total. The van der Waals surface area contributed by atoms with Gasteiger partial charge in [0.05, 0.1) is 6.61 Å². The van der Waals surface area contributed by atoms with Crippen LogP contribution in [0.4, 0.5) is 0 Å². The number of H-pyrrole nitrogens is 1. The minimum absolute atomic E-state index is 0.128. The predicted molar refractivity (Wildman–Crippen MR) is 78.4 cm³/mol. The van der Waals surface area contributed by atoms with Crippen molar-refractivity contribution in [2.24, 2.45) is 0 Å². The van der Waals surface area contributed by atoms with E-state index in [-0.39, 0.29) is 6.61 Å². The third-order valence-electron chi connectivity index (χ3n) is 4.14. The van der Waals surface area contributed by atoms with Crippen molar-refractivity contribution in [3.8, 4) is 0 Å². The van der Waals surface area contributed by atoms with Gasteiger partial charge in [-0.3, -0.25) is 0 Å². The van der Waals surface area contributed by atoms with E-state index in [0.29, 0.717) is 12.0 Å². The molecular formula is C16H20N2O. The highest BCUT2D eigenvalue weighted by molar-refractivity contribution is 5.88. The Morgan fingerprint density at radius 1 is 1.53 bits per heavy atom. The average molecular weight is 256 g/mol. The van der Waals surface area contributed by atoms with Crippen LogP contribution >= 0.6 is 0 Å². The van der Waals surface area contributed by atoms with Crippen molar-refractivity contribution in [2.45, 2.75) is 25.3 Å². The molecule has 0 saturated carbocycles. The van der Waals surface area contributed by atoms with Crippen molar-refractivity contribution in [3.63, 3.8) is 0 Å². The lowest BCUT2D eigenvalue weighted by Crippen LogP contribution is -2.35. The van der Waals surface area contributed by atoms with Crippen molar-refractivity contribution < 1.29 is 5.11 Å². The molecule has 1 aliphatic rings. The number of likely N-dealkylation sites (N-methyl/N-ethyl adjacent to an activating group) is 1.